The third kappa shape index (κ3) is 6.32. The minimum atomic E-state index is -0.599. The van der Waals surface area contributed by atoms with Crippen LogP contribution in [0.25, 0.3) is 0 Å². The molecule has 1 saturated heterocycles. The van der Waals surface area contributed by atoms with Crippen LogP contribution in [-0.4, -0.2) is 37.0 Å². The zero-order chi connectivity index (χ0) is 20.5. The number of hydrogen-bond acceptors (Lipinski definition) is 7. The quantitative estimate of drug-likeness (QED) is 0.329. The number of amides is 1. The lowest BCUT2D eigenvalue weighted by molar-refractivity contribution is -0.135. The molecule has 0 aliphatic carbocycles. The van der Waals surface area contributed by atoms with Crippen LogP contribution in [0, 0.1) is 0 Å². The van der Waals surface area contributed by atoms with Crippen LogP contribution in [0.2, 0.25) is 0 Å². The van der Waals surface area contributed by atoms with E-state index in [0.29, 0.717) is 11.8 Å². The van der Waals surface area contributed by atoms with E-state index < -0.39 is 11.9 Å². The number of amidine groups is 1. The van der Waals surface area contributed by atoms with Crippen molar-refractivity contribution in [2.24, 2.45) is 10.2 Å². The summed E-state index contributed by atoms with van der Waals surface area (Å²) >= 11 is 1.02. The van der Waals surface area contributed by atoms with E-state index >= 15 is 0 Å². The topological polar surface area (TPSA) is 89.3 Å². The van der Waals surface area contributed by atoms with Crippen LogP contribution >= 0.6 is 11.8 Å². The number of hydrogen-bond donors (Lipinski definition) is 1. The van der Waals surface area contributed by atoms with Gasteiger partial charge >= 0.3 is 5.97 Å². The minimum Gasteiger partial charge on any atom is -0.493 e. The predicted molar refractivity (Wildman–Crippen MR) is 113 cm³/mol. The predicted octanol–water partition coefficient (Wildman–Crippen LogP) is 2.92. The fraction of sp³-hybridized carbons (Fsp3) is 0.143. The summed E-state index contributed by atoms with van der Waals surface area (Å²) < 4.78 is 10.3. The second kappa shape index (κ2) is 10.2. The molecule has 0 bridgehead atoms. The van der Waals surface area contributed by atoms with Crippen molar-refractivity contribution >= 4 is 35.0 Å². The van der Waals surface area contributed by atoms with Crippen molar-refractivity contribution in [1.82, 2.24) is 5.32 Å². The van der Waals surface area contributed by atoms with Gasteiger partial charge in [0.05, 0.1) is 24.8 Å². The molecule has 3 rings (SSSR count). The first-order chi connectivity index (χ1) is 14.1. The molecule has 8 heteroatoms. The molecule has 1 aliphatic rings. The molecular formula is C21H19N3O4S. The van der Waals surface area contributed by atoms with Gasteiger partial charge in [-0.3, -0.25) is 10.1 Å². The Morgan fingerprint density at radius 1 is 1.14 bits per heavy atom. The Kier molecular flexibility index (Phi) is 7.18. The van der Waals surface area contributed by atoms with E-state index in [4.69, 9.17) is 4.74 Å². The number of ether oxygens (including phenoxy) is 2. The number of nitrogens with zero attached hydrogens (tertiary/aromatic N) is 2. The molecule has 1 heterocycles. The molecule has 1 N–H and O–H groups in total. The highest BCUT2D eigenvalue weighted by Gasteiger charge is 2.24. The summed E-state index contributed by atoms with van der Waals surface area (Å²) in [5.41, 5.74) is 2.07. The van der Waals surface area contributed by atoms with Crippen molar-refractivity contribution in [3.8, 4) is 5.75 Å². The molecule has 29 heavy (non-hydrogen) atoms. The molecule has 0 unspecified atom stereocenters. The number of benzene rings is 2. The Hall–Kier alpha value is -3.39. The van der Waals surface area contributed by atoms with Gasteiger partial charge in [-0.2, -0.15) is 5.10 Å². The largest absolute Gasteiger partial charge is 0.493 e. The van der Waals surface area contributed by atoms with Gasteiger partial charge in [-0.25, -0.2) is 4.79 Å². The molecule has 1 fully saturated rings. The van der Waals surface area contributed by atoms with Crippen molar-refractivity contribution < 1.29 is 19.1 Å². The highest BCUT2D eigenvalue weighted by molar-refractivity contribution is 8.18. The third-order valence-corrected chi connectivity index (χ3v) is 4.74. The summed E-state index contributed by atoms with van der Waals surface area (Å²) in [5, 5.41) is 10.7. The maximum Gasteiger partial charge on any atom is 0.331 e. The van der Waals surface area contributed by atoms with E-state index in [9.17, 15) is 9.59 Å². The van der Waals surface area contributed by atoms with E-state index in [1.807, 2.05) is 42.5 Å². The van der Waals surface area contributed by atoms with E-state index in [-0.39, 0.29) is 4.91 Å². The average molecular weight is 409 g/mol. The summed E-state index contributed by atoms with van der Waals surface area (Å²) in [6.07, 6.45) is 3.52. The number of carbonyl (C=O) groups is 2. The van der Waals surface area contributed by atoms with Crippen LogP contribution < -0.4 is 10.1 Å². The Labute approximate surface area is 172 Å². The molecule has 0 spiro atoms. The van der Waals surface area contributed by atoms with E-state index in [1.165, 1.54) is 12.7 Å². The summed E-state index contributed by atoms with van der Waals surface area (Å²) in [4.78, 5) is 23.2. The Bertz CT molecular complexity index is 954. The number of esters is 1. The zero-order valence-corrected chi connectivity index (χ0v) is 16.5. The molecule has 2 aromatic carbocycles. The summed E-state index contributed by atoms with van der Waals surface area (Å²) in [6, 6.07) is 17.6. The molecule has 1 amide bonds. The second-order valence-electron chi connectivity index (χ2n) is 5.89. The smallest absolute Gasteiger partial charge is 0.331 e. The van der Waals surface area contributed by atoms with E-state index in [0.717, 1.165) is 35.6 Å². The molecule has 7 nitrogen and oxygen atoms in total. The first kappa shape index (κ1) is 20.3. The lowest BCUT2D eigenvalue weighted by Crippen LogP contribution is -2.19. The van der Waals surface area contributed by atoms with Gasteiger partial charge in [-0.05, 0) is 47.2 Å². The van der Waals surface area contributed by atoms with Crippen LogP contribution in [0.5, 0.6) is 5.75 Å². The van der Waals surface area contributed by atoms with Crippen molar-refractivity contribution in [2.45, 2.75) is 6.42 Å². The van der Waals surface area contributed by atoms with Gasteiger partial charge in [0, 0.05) is 12.5 Å². The first-order valence-electron chi connectivity index (χ1n) is 8.81. The maximum atomic E-state index is 11.7. The van der Waals surface area contributed by atoms with Gasteiger partial charge in [-0.15, -0.1) is 5.10 Å². The second-order valence-corrected chi connectivity index (χ2v) is 6.92. The van der Waals surface area contributed by atoms with E-state index in [2.05, 4.69) is 32.4 Å². The van der Waals surface area contributed by atoms with Crippen LogP contribution in [0.3, 0.4) is 0 Å². The van der Waals surface area contributed by atoms with Crippen molar-refractivity contribution in [2.75, 3.05) is 13.7 Å². The number of nitrogens with one attached hydrogen (secondary N) is 1. The molecule has 0 saturated carbocycles. The van der Waals surface area contributed by atoms with Crippen molar-refractivity contribution in [3.63, 3.8) is 0 Å². The Morgan fingerprint density at radius 3 is 2.62 bits per heavy atom. The Morgan fingerprint density at radius 2 is 1.90 bits per heavy atom. The highest BCUT2D eigenvalue weighted by Crippen LogP contribution is 2.23. The molecule has 0 atom stereocenters. The average Bonchev–Trinajstić information content (AvgIpc) is 3.09. The van der Waals surface area contributed by atoms with Gasteiger partial charge in [0.1, 0.15) is 5.75 Å². The van der Waals surface area contributed by atoms with Gasteiger partial charge in [-0.1, -0.05) is 30.3 Å². The number of carbonyl (C=O) groups excluding carboxylic acids is 2. The molecule has 1 aliphatic heterocycles. The summed E-state index contributed by atoms with van der Waals surface area (Å²) in [7, 11) is 1.25. The standard InChI is InChI=1S/C21H19N3O4S/c1-27-19(25)13-18-20(26)23-21(29-18)24-22-14-16-7-9-17(10-8-16)28-12-11-15-5-3-2-4-6-15/h2-10,13-14H,11-12H2,1H3,(H,23,24,26)/b18-13+,22-14?. The zero-order valence-electron chi connectivity index (χ0n) is 15.7. The lowest BCUT2D eigenvalue weighted by atomic mass is 10.2. The Balaban J connectivity index is 1.50. The van der Waals surface area contributed by atoms with E-state index in [1.54, 1.807) is 6.21 Å². The maximum absolute atomic E-state index is 11.7. The van der Waals surface area contributed by atoms with Gasteiger partial charge in [0.25, 0.3) is 5.91 Å². The van der Waals surface area contributed by atoms with Gasteiger partial charge in [0.2, 0.25) is 0 Å². The molecule has 0 aromatic heterocycles. The molecule has 0 radical (unpaired) electrons. The van der Waals surface area contributed by atoms with Gasteiger partial charge in [0.15, 0.2) is 5.17 Å². The molecular weight excluding hydrogens is 390 g/mol. The van der Waals surface area contributed by atoms with Crippen molar-refractivity contribution in [3.05, 3.63) is 76.7 Å². The van der Waals surface area contributed by atoms with Crippen LogP contribution in [0.1, 0.15) is 11.1 Å². The van der Waals surface area contributed by atoms with Crippen molar-refractivity contribution in [1.29, 1.82) is 0 Å². The van der Waals surface area contributed by atoms with Crippen LogP contribution in [0.4, 0.5) is 0 Å². The van der Waals surface area contributed by atoms with Gasteiger partial charge < -0.3 is 9.47 Å². The summed E-state index contributed by atoms with van der Waals surface area (Å²) in [6.45, 7) is 0.601. The van der Waals surface area contributed by atoms with Crippen LogP contribution in [-0.2, 0) is 20.7 Å². The normalized spacial score (nSPS) is 16.4. The highest BCUT2D eigenvalue weighted by atomic mass is 32.2. The number of thioether (sulfide) groups is 1. The minimum absolute atomic E-state index is 0.211. The number of methoxy groups -OCH3 is 1. The molecule has 2 aromatic rings. The third-order valence-electron chi connectivity index (χ3n) is 3.84. The monoisotopic (exact) mass is 409 g/mol. The SMILES string of the molecule is COC(=O)/C=C1/S/C(=N\N=Cc2ccc(OCCc3ccccc3)cc2)NC1=O. The lowest BCUT2D eigenvalue weighted by Gasteiger charge is -2.06. The first-order valence-corrected chi connectivity index (χ1v) is 9.62. The fourth-order valence-corrected chi connectivity index (χ4v) is 3.11. The number of rotatable bonds is 7. The van der Waals surface area contributed by atoms with Crippen LogP contribution in [0.15, 0.2) is 75.8 Å². The molecule has 148 valence electrons. The fourth-order valence-electron chi connectivity index (χ4n) is 2.37. The summed E-state index contributed by atoms with van der Waals surface area (Å²) in [5.74, 6) is -0.231.